The quantitative estimate of drug-likeness (QED) is 0.718. The molecule has 1 amide bonds. The Morgan fingerprint density at radius 1 is 1.43 bits per heavy atom. The number of halogens is 2. The molecule has 132 valence electrons. The maximum Gasteiger partial charge on any atom is 0.254 e. The van der Waals surface area contributed by atoms with Crippen molar-refractivity contribution in [2.24, 2.45) is 5.73 Å². The van der Waals surface area contributed by atoms with E-state index in [0.717, 1.165) is 12.8 Å². The van der Waals surface area contributed by atoms with Gasteiger partial charge in [0.05, 0.1) is 18.7 Å². The number of nitrogens with zero attached hydrogens (tertiary/aromatic N) is 1. The second-order valence-corrected chi connectivity index (χ2v) is 5.60. The van der Waals surface area contributed by atoms with Crippen LogP contribution in [-0.4, -0.2) is 44.2 Å². The summed E-state index contributed by atoms with van der Waals surface area (Å²) in [4.78, 5) is 14.0. The second kappa shape index (κ2) is 10.6. The summed E-state index contributed by atoms with van der Waals surface area (Å²) in [5.41, 5.74) is 6.05. The van der Waals surface area contributed by atoms with Gasteiger partial charge in [-0.1, -0.05) is 24.9 Å². The molecule has 0 aliphatic rings. The van der Waals surface area contributed by atoms with Crippen molar-refractivity contribution in [2.75, 3.05) is 27.3 Å². The molecule has 1 atom stereocenters. The Kier molecular flexibility index (Phi) is 10.0. The summed E-state index contributed by atoms with van der Waals surface area (Å²) >= 11 is 6.25. The van der Waals surface area contributed by atoms with Crippen molar-refractivity contribution in [3.8, 4) is 11.5 Å². The van der Waals surface area contributed by atoms with Gasteiger partial charge in [0, 0.05) is 25.2 Å². The Morgan fingerprint density at radius 2 is 2.09 bits per heavy atom. The Hall–Kier alpha value is -1.17. The van der Waals surface area contributed by atoms with Gasteiger partial charge in [0.2, 0.25) is 0 Å². The third-order valence-electron chi connectivity index (χ3n) is 3.54. The molecule has 0 bridgehead atoms. The fourth-order valence-electron chi connectivity index (χ4n) is 1.86. The Morgan fingerprint density at radius 3 is 2.61 bits per heavy atom. The predicted molar refractivity (Wildman–Crippen MR) is 96.3 cm³/mol. The SMILES string of the molecule is CCCCOc1c(Cl)cc(C(=O)N(C)C(C)CN)cc1OC.Cl. The highest BCUT2D eigenvalue weighted by atomic mass is 35.5. The summed E-state index contributed by atoms with van der Waals surface area (Å²) < 4.78 is 11.0. The molecule has 5 nitrogen and oxygen atoms in total. The number of hydrogen-bond donors (Lipinski definition) is 1. The molecule has 0 fully saturated rings. The van der Waals surface area contributed by atoms with Crippen LogP contribution < -0.4 is 15.2 Å². The fraction of sp³-hybridized carbons (Fsp3) is 0.562. The molecule has 2 N–H and O–H groups in total. The van der Waals surface area contributed by atoms with E-state index >= 15 is 0 Å². The van der Waals surface area contributed by atoms with Crippen molar-refractivity contribution >= 4 is 29.9 Å². The Labute approximate surface area is 149 Å². The molecule has 1 rings (SSSR count). The lowest BCUT2D eigenvalue weighted by molar-refractivity contribution is 0.0748. The van der Waals surface area contributed by atoms with E-state index in [1.165, 1.54) is 7.11 Å². The number of amides is 1. The van der Waals surface area contributed by atoms with Crippen LogP contribution in [0, 0.1) is 0 Å². The van der Waals surface area contributed by atoms with E-state index in [0.29, 0.717) is 35.2 Å². The number of benzene rings is 1. The highest BCUT2D eigenvalue weighted by molar-refractivity contribution is 6.32. The zero-order valence-corrected chi connectivity index (χ0v) is 15.7. The lowest BCUT2D eigenvalue weighted by Gasteiger charge is -2.24. The normalized spacial score (nSPS) is 11.4. The minimum Gasteiger partial charge on any atom is -0.493 e. The third-order valence-corrected chi connectivity index (χ3v) is 3.82. The number of methoxy groups -OCH3 is 1. The standard InChI is InChI=1S/C16H25ClN2O3.ClH/c1-5-6-7-22-15-13(17)8-12(9-14(15)21-4)16(20)19(3)11(2)10-18;/h8-9,11H,5-7,10,18H2,1-4H3;1H. The van der Waals surface area contributed by atoms with E-state index in [-0.39, 0.29) is 24.4 Å². The minimum atomic E-state index is -0.154. The minimum absolute atomic E-state index is 0. The van der Waals surface area contributed by atoms with Crippen LogP contribution in [0.2, 0.25) is 5.02 Å². The molecule has 1 aromatic rings. The van der Waals surface area contributed by atoms with Crippen molar-refractivity contribution in [1.29, 1.82) is 0 Å². The van der Waals surface area contributed by atoms with Crippen molar-refractivity contribution in [3.63, 3.8) is 0 Å². The molecule has 1 aromatic carbocycles. The van der Waals surface area contributed by atoms with Gasteiger partial charge in [-0.15, -0.1) is 12.4 Å². The number of hydrogen-bond acceptors (Lipinski definition) is 4. The molecule has 23 heavy (non-hydrogen) atoms. The average molecular weight is 365 g/mol. The molecule has 0 aliphatic heterocycles. The first-order valence-electron chi connectivity index (χ1n) is 7.43. The fourth-order valence-corrected chi connectivity index (χ4v) is 2.13. The number of carbonyl (C=O) groups is 1. The van der Waals surface area contributed by atoms with Gasteiger partial charge in [0.1, 0.15) is 0 Å². The molecule has 0 spiro atoms. The number of ether oxygens (including phenoxy) is 2. The van der Waals surface area contributed by atoms with Gasteiger partial charge in [-0.2, -0.15) is 0 Å². The van der Waals surface area contributed by atoms with Crippen LogP contribution in [0.25, 0.3) is 0 Å². The molecule has 0 saturated heterocycles. The molecule has 0 aromatic heterocycles. The summed E-state index contributed by atoms with van der Waals surface area (Å²) in [6.07, 6.45) is 1.95. The van der Waals surface area contributed by atoms with Gasteiger partial charge >= 0.3 is 0 Å². The first-order valence-corrected chi connectivity index (χ1v) is 7.81. The van der Waals surface area contributed by atoms with Gasteiger partial charge in [-0.25, -0.2) is 0 Å². The molecule has 0 heterocycles. The summed E-state index contributed by atoms with van der Waals surface area (Å²) in [5.74, 6) is 0.780. The first kappa shape index (κ1) is 21.8. The molecule has 7 heteroatoms. The van der Waals surface area contributed by atoms with Crippen LogP contribution in [0.15, 0.2) is 12.1 Å². The van der Waals surface area contributed by atoms with Crippen LogP contribution in [-0.2, 0) is 0 Å². The van der Waals surface area contributed by atoms with E-state index in [9.17, 15) is 4.79 Å². The molecule has 0 radical (unpaired) electrons. The smallest absolute Gasteiger partial charge is 0.254 e. The van der Waals surface area contributed by atoms with Crippen LogP contribution >= 0.6 is 24.0 Å². The van der Waals surface area contributed by atoms with Crippen LogP contribution in [0.4, 0.5) is 0 Å². The summed E-state index contributed by atoms with van der Waals surface area (Å²) in [5, 5.41) is 0.368. The zero-order chi connectivity index (χ0) is 16.7. The van der Waals surface area contributed by atoms with Gasteiger partial charge < -0.3 is 20.1 Å². The highest BCUT2D eigenvalue weighted by Gasteiger charge is 2.20. The topological polar surface area (TPSA) is 64.8 Å². The molecule has 0 aliphatic carbocycles. The van der Waals surface area contributed by atoms with Crippen molar-refractivity contribution in [3.05, 3.63) is 22.7 Å². The zero-order valence-electron chi connectivity index (χ0n) is 14.1. The van der Waals surface area contributed by atoms with Crippen LogP contribution in [0.5, 0.6) is 11.5 Å². The summed E-state index contributed by atoms with van der Waals surface area (Å²) in [7, 11) is 3.24. The largest absolute Gasteiger partial charge is 0.493 e. The predicted octanol–water partition coefficient (Wildman–Crippen LogP) is 3.37. The number of rotatable bonds is 8. The van der Waals surface area contributed by atoms with Crippen molar-refractivity contribution in [1.82, 2.24) is 4.90 Å². The molecular formula is C16H26Cl2N2O3. The number of unbranched alkanes of at least 4 members (excludes halogenated alkanes) is 1. The Balaban J connectivity index is 0.00000484. The lowest BCUT2D eigenvalue weighted by Crippen LogP contribution is -2.39. The van der Waals surface area contributed by atoms with Gasteiger partial charge in [0.15, 0.2) is 11.5 Å². The van der Waals surface area contributed by atoms with Crippen LogP contribution in [0.3, 0.4) is 0 Å². The third kappa shape index (κ3) is 5.75. The van der Waals surface area contributed by atoms with E-state index in [1.54, 1.807) is 24.1 Å². The molecule has 0 saturated carbocycles. The van der Waals surface area contributed by atoms with E-state index in [1.807, 2.05) is 6.92 Å². The maximum absolute atomic E-state index is 12.5. The molecule has 1 unspecified atom stereocenters. The monoisotopic (exact) mass is 364 g/mol. The van der Waals surface area contributed by atoms with Crippen molar-refractivity contribution < 1.29 is 14.3 Å². The summed E-state index contributed by atoms with van der Waals surface area (Å²) in [6.45, 7) is 4.92. The van der Waals surface area contributed by atoms with Crippen LogP contribution in [0.1, 0.15) is 37.0 Å². The molecular weight excluding hydrogens is 339 g/mol. The van der Waals surface area contributed by atoms with Gasteiger partial charge in [-0.3, -0.25) is 4.79 Å². The van der Waals surface area contributed by atoms with E-state index in [4.69, 9.17) is 26.8 Å². The number of carbonyl (C=O) groups excluding carboxylic acids is 1. The highest BCUT2D eigenvalue weighted by Crippen LogP contribution is 2.36. The lowest BCUT2D eigenvalue weighted by atomic mass is 10.1. The Bertz CT molecular complexity index is 512. The average Bonchev–Trinajstić information content (AvgIpc) is 2.53. The van der Waals surface area contributed by atoms with Crippen molar-refractivity contribution in [2.45, 2.75) is 32.7 Å². The number of likely N-dealkylation sites (N-methyl/N-ethyl adjacent to an activating group) is 1. The van der Waals surface area contributed by atoms with Gasteiger partial charge in [0.25, 0.3) is 5.91 Å². The second-order valence-electron chi connectivity index (χ2n) is 5.19. The van der Waals surface area contributed by atoms with E-state index in [2.05, 4.69) is 6.92 Å². The van der Waals surface area contributed by atoms with E-state index < -0.39 is 0 Å². The first-order chi connectivity index (χ1) is 10.5. The van der Waals surface area contributed by atoms with Gasteiger partial charge in [-0.05, 0) is 25.5 Å². The summed E-state index contributed by atoms with van der Waals surface area (Å²) in [6, 6.07) is 3.19. The maximum atomic E-state index is 12.5. The number of nitrogens with two attached hydrogens (primary N) is 1.